The maximum atomic E-state index is 5.61. The number of unbranched alkanes of at least 4 members (excludes halogenated alkanes) is 1. The SMILES string of the molecule is CCCCOc1c(OC)[c]ccc1OC. The molecule has 0 fully saturated rings. The van der Waals surface area contributed by atoms with Crippen molar-refractivity contribution in [2.75, 3.05) is 20.8 Å². The first-order valence-corrected chi connectivity index (χ1v) is 5.09. The van der Waals surface area contributed by atoms with Crippen LogP contribution in [0.25, 0.3) is 0 Å². The van der Waals surface area contributed by atoms with Crippen molar-refractivity contribution in [3.8, 4) is 17.2 Å². The molecule has 0 amide bonds. The van der Waals surface area contributed by atoms with Gasteiger partial charge in [0.25, 0.3) is 0 Å². The Labute approximate surface area is 91.0 Å². The van der Waals surface area contributed by atoms with Crippen molar-refractivity contribution in [1.29, 1.82) is 0 Å². The zero-order valence-corrected chi connectivity index (χ0v) is 9.50. The maximum Gasteiger partial charge on any atom is 0.204 e. The van der Waals surface area contributed by atoms with E-state index in [1.165, 1.54) is 0 Å². The van der Waals surface area contributed by atoms with E-state index >= 15 is 0 Å². The van der Waals surface area contributed by atoms with E-state index in [1.807, 2.05) is 6.07 Å². The molecule has 0 aliphatic heterocycles. The highest BCUT2D eigenvalue weighted by molar-refractivity contribution is 5.50. The van der Waals surface area contributed by atoms with Crippen molar-refractivity contribution in [3.05, 3.63) is 18.2 Å². The molecule has 0 heterocycles. The Bertz CT molecular complexity index is 275. The van der Waals surface area contributed by atoms with E-state index in [-0.39, 0.29) is 0 Å². The van der Waals surface area contributed by atoms with E-state index in [0.29, 0.717) is 23.9 Å². The first-order chi connectivity index (χ1) is 7.33. The van der Waals surface area contributed by atoms with Gasteiger partial charge in [0.15, 0.2) is 11.5 Å². The minimum atomic E-state index is 0.588. The van der Waals surface area contributed by atoms with Gasteiger partial charge in [-0.3, -0.25) is 0 Å². The second kappa shape index (κ2) is 6.17. The summed E-state index contributed by atoms with van der Waals surface area (Å²) in [7, 11) is 3.21. The average Bonchev–Trinajstić information content (AvgIpc) is 2.29. The van der Waals surface area contributed by atoms with E-state index in [9.17, 15) is 0 Å². The normalized spacial score (nSPS) is 9.80. The summed E-state index contributed by atoms with van der Waals surface area (Å²) in [5.41, 5.74) is 0. The van der Waals surface area contributed by atoms with Gasteiger partial charge in [0.05, 0.1) is 20.8 Å². The van der Waals surface area contributed by atoms with Gasteiger partial charge in [0.1, 0.15) is 0 Å². The van der Waals surface area contributed by atoms with Gasteiger partial charge in [-0.25, -0.2) is 0 Å². The molecule has 0 atom stereocenters. The standard InChI is InChI=1S/C12H17O3/c1-4-5-9-15-12-10(13-2)7-6-8-11(12)14-3/h6-7H,4-5,9H2,1-3H3. The molecule has 0 saturated carbocycles. The molecule has 0 N–H and O–H groups in total. The molecule has 1 aromatic carbocycles. The monoisotopic (exact) mass is 209 g/mol. The van der Waals surface area contributed by atoms with Gasteiger partial charge in [0, 0.05) is 6.07 Å². The molecule has 0 unspecified atom stereocenters. The quantitative estimate of drug-likeness (QED) is 0.674. The summed E-state index contributed by atoms with van der Waals surface area (Å²) >= 11 is 0. The second-order valence-electron chi connectivity index (χ2n) is 3.11. The van der Waals surface area contributed by atoms with Crippen LogP contribution in [0, 0.1) is 6.07 Å². The molecular weight excluding hydrogens is 192 g/mol. The van der Waals surface area contributed by atoms with Gasteiger partial charge in [0.2, 0.25) is 5.75 Å². The minimum absolute atomic E-state index is 0.588. The maximum absolute atomic E-state index is 5.61. The molecule has 1 aromatic rings. The summed E-state index contributed by atoms with van der Waals surface area (Å²) in [5, 5.41) is 0. The fourth-order valence-electron chi connectivity index (χ4n) is 1.21. The lowest BCUT2D eigenvalue weighted by molar-refractivity contribution is 0.269. The number of rotatable bonds is 6. The van der Waals surface area contributed by atoms with Crippen molar-refractivity contribution in [1.82, 2.24) is 0 Å². The number of hydrogen-bond donors (Lipinski definition) is 0. The summed E-state index contributed by atoms with van der Waals surface area (Å²) in [4.78, 5) is 0. The zero-order valence-electron chi connectivity index (χ0n) is 9.50. The molecule has 0 spiro atoms. The van der Waals surface area contributed by atoms with Crippen LogP contribution in [-0.4, -0.2) is 20.8 Å². The molecule has 1 rings (SSSR count). The van der Waals surface area contributed by atoms with Gasteiger partial charge < -0.3 is 14.2 Å². The Morgan fingerprint density at radius 1 is 1.27 bits per heavy atom. The van der Waals surface area contributed by atoms with Gasteiger partial charge >= 0.3 is 0 Å². The average molecular weight is 209 g/mol. The van der Waals surface area contributed by atoms with E-state index in [0.717, 1.165) is 12.8 Å². The third-order valence-corrected chi connectivity index (χ3v) is 2.05. The number of benzene rings is 1. The van der Waals surface area contributed by atoms with Crippen molar-refractivity contribution < 1.29 is 14.2 Å². The highest BCUT2D eigenvalue weighted by atomic mass is 16.5. The van der Waals surface area contributed by atoms with Crippen molar-refractivity contribution >= 4 is 0 Å². The van der Waals surface area contributed by atoms with Gasteiger partial charge in [-0.1, -0.05) is 13.3 Å². The van der Waals surface area contributed by atoms with E-state index < -0.39 is 0 Å². The molecule has 1 radical (unpaired) electrons. The van der Waals surface area contributed by atoms with Crippen molar-refractivity contribution in [2.45, 2.75) is 19.8 Å². The lowest BCUT2D eigenvalue weighted by Gasteiger charge is -2.13. The van der Waals surface area contributed by atoms with Crippen LogP contribution in [0.15, 0.2) is 12.1 Å². The molecule has 3 nitrogen and oxygen atoms in total. The molecular formula is C12H17O3. The first kappa shape index (κ1) is 11.7. The van der Waals surface area contributed by atoms with Gasteiger partial charge in [-0.05, 0) is 18.6 Å². The lowest BCUT2D eigenvalue weighted by Crippen LogP contribution is -2.01. The van der Waals surface area contributed by atoms with E-state index in [1.54, 1.807) is 20.3 Å². The van der Waals surface area contributed by atoms with Crippen molar-refractivity contribution in [3.63, 3.8) is 0 Å². The Hall–Kier alpha value is -1.38. The van der Waals surface area contributed by atoms with Crippen LogP contribution in [0.4, 0.5) is 0 Å². The Balaban J connectivity index is 2.80. The first-order valence-electron chi connectivity index (χ1n) is 5.09. The number of hydrogen-bond acceptors (Lipinski definition) is 3. The summed E-state index contributed by atoms with van der Waals surface area (Å²) in [6, 6.07) is 6.52. The van der Waals surface area contributed by atoms with Crippen LogP contribution in [0.5, 0.6) is 17.2 Å². The molecule has 0 aliphatic rings. The third-order valence-electron chi connectivity index (χ3n) is 2.05. The fourth-order valence-corrected chi connectivity index (χ4v) is 1.21. The number of ether oxygens (including phenoxy) is 3. The molecule has 15 heavy (non-hydrogen) atoms. The van der Waals surface area contributed by atoms with Crippen molar-refractivity contribution in [2.24, 2.45) is 0 Å². The highest BCUT2D eigenvalue weighted by Gasteiger charge is 2.10. The van der Waals surface area contributed by atoms with Gasteiger partial charge in [-0.15, -0.1) is 0 Å². The summed E-state index contributed by atoms with van der Waals surface area (Å²) in [5.74, 6) is 1.91. The Kier molecular flexibility index (Phi) is 4.81. The molecule has 3 heteroatoms. The van der Waals surface area contributed by atoms with Crippen LogP contribution in [0.1, 0.15) is 19.8 Å². The molecule has 0 bridgehead atoms. The predicted molar refractivity (Wildman–Crippen MR) is 58.8 cm³/mol. The van der Waals surface area contributed by atoms with E-state index in [4.69, 9.17) is 14.2 Å². The van der Waals surface area contributed by atoms with E-state index in [2.05, 4.69) is 13.0 Å². The van der Waals surface area contributed by atoms with Crippen LogP contribution in [-0.2, 0) is 0 Å². The Morgan fingerprint density at radius 3 is 2.67 bits per heavy atom. The summed E-state index contributed by atoms with van der Waals surface area (Å²) in [6.45, 7) is 2.79. The van der Waals surface area contributed by atoms with Crippen LogP contribution >= 0.6 is 0 Å². The van der Waals surface area contributed by atoms with Gasteiger partial charge in [-0.2, -0.15) is 0 Å². The predicted octanol–water partition coefficient (Wildman–Crippen LogP) is 2.68. The van der Waals surface area contributed by atoms with Crippen LogP contribution in [0.2, 0.25) is 0 Å². The number of methoxy groups -OCH3 is 2. The molecule has 0 aliphatic carbocycles. The Morgan fingerprint density at radius 2 is 2.07 bits per heavy atom. The third kappa shape index (κ3) is 3.05. The highest BCUT2D eigenvalue weighted by Crippen LogP contribution is 2.36. The fraction of sp³-hybridized carbons (Fsp3) is 0.500. The summed E-state index contributed by atoms with van der Waals surface area (Å²) in [6.07, 6.45) is 2.11. The smallest absolute Gasteiger partial charge is 0.204 e. The zero-order chi connectivity index (χ0) is 11.1. The minimum Gasteiger partial charge on any atom is -0.493 e. The lowest BCUT2D eigenvalue weighted by atomic mass is 10.3. The summed E-state index contributed by atoms with van der Waals surface area (Å²) < 4.78 is 16.0. The molecule has 0 aromatic heterocycles. The molecule has 83 valence electrons. The molecule has 0 saturated heterocycles. The largest absolute Gasteiger partial charge is 0.493 e. The van der Waals surface area contributed by atoms with Crippen LogP contribution < -0.4 is 14.2 Å². The topological polar surface area (TPSA) is 27.7 Å². The second-order valence-corrected chi connectivity index (χ2v) is 3.11. The van der Waals surface area contributed by atoms with Crippen LogP contribution in [0.3, 0.4) is 0 Å².